The first-order chi connectivity index (χ1) is 7.95. The molecule has 1 aliphatic rings. The normalized spacial score (nSPS) is 20.5. The largest absolute Gasteiger partial charge is 0.492 e. The molecule has 0 saturated heterocycles. The minimum atomic E-state index is 0.0988. The highest BCUT2D eigenvalue weighted by Crippen LogP contribution is 2.41. The third-order valence-electron chi connectivity index (χ3n) is 3.78. The van der Waals surface area contributed by atoms with E-state index in [0.717, 1.165) is 18.8 Å². The first-order valence-corrected chi connectivity index (χ1v) is 6.80. The highest BCUT2D eigenvalue weighted by atomic mass is 35.5. The maximum atomic E-state index is 6.51. The minimum absolute atomic E-state index is 0.0988. The summed E-state index contributed by atoms with van der Waals surface area (Å²) in [5.74, 6) is 1.52. The van der Waals surface area contributed by atoms with Crippen LogP contribution in [0.2, 0.25) is 0 Å². The first kappa shape index (κ1) is 12.8. The zero-order valence-electron chi connectivity index (χ0n) is 11.1. The summed E-state index contributed by atoms with van der Waals surface area (Å²) in [7, 11) is 0. The van der Waals surface area contributed by atoms with E-state index in [9.17, 15) is 0 Å². The number of fused-ring (bicyclic) bond motifs is 1. The van der Waals surface area contributed by atoms with Crippen LogP contribution in [0.4, 0.5) is 0 Å². The van der Waals surface area contributed by atoms with Crippen LogP contribution in [0, 0.1) is 5.92 Å². The molecule has 0 saturated carbocycles. The lowest BCUT2D eigenvalue weighted by Gasteiger charge is -2.20. The van der Waals surface area contributed by atoms with Crippen molar-refractivity contribution in [1.82, 2.24) is 0 Å². The third-order valence-corrected chi connectivity index (χ3v) is 4.47. The van der Waals surface area contributed by atoms with E-state index in [-0.39, 0.29) is 10.8 Å². The second kappa shape index (κ2) is 4.53. The number of rotatable bonds is 3. The molecular weight excluding hydrogens is 232 g/mol. The molecule has 1 heterocycles. The molecule has 0 N–H and O–H groups in total. The zero-order chi connectivity index (χ0) is 12.6. The lowest BCUT2D eigenvalue weighted by Crippen LogP contribution is -2.18. The lowest BCUT2D eigenvalue weighted by atomic mass is 9.85. The molecule has 2 rings (SSSR count). The molecule has 0 spiro atoms. The monoisotopic (exact) mass is 252 g/mol. The van der Waals surface area contributed by atoms with Crippen LogP contribution >= 0.6 is 11.6 Å². The van der Waals surface area contributed by atoms with Gasteiger partial charge in [0.05, 0.1) is 12.0 Å². The van der Waals surface area contributed by atoms with Gasteiger partial charge in [0.2, 0.25) is 0 Å². The second-order valence-electron chi connectivity index (χ2n) is 5.72. The fraction of sp³-hybridized carbons (Fsp3) is 0.600. The number of benzene rings is 1. The molecule has 0 amide bonds. The number of alkyl halides is 1. The van der Waals surface area contributed by atoms with Crippen LogP contribution in [0.5, 0.6) is 5.75 Å². The van der Waals surface area contributed by atoms with E-state index in [0.29, 0.717) is 5.92 Å². The molecule has 2 heteroatoms. The molecule has 2 atom stereocenters. The van der Waals surface area contributed by atoms with Gasteiger partial charge in [-0.2, -0.15) is 0 Å². The molecule has 1 nitrogen and oxygen atoms in total. The molecule has 17 heavy (non-hydrogen) atoms. The standard InChI is InChI=1S/C15H21ClO/c1-5-10(2)14(16)11-6-7-13-12(8-11)15(3,4)9-17-13/h6-8,10,14H,5,9H2,1-4H3. The van der Waals surface area contributed by atoms with E-state index in [1.807, 2.05) is 0 Å². The predicted molar refractivity (Wildman–Crippen MR) is 73.0 cm³/mol. The third kappa shape index (κ3) is 2.30. The molecule has 0 aliphatic carbocycles. The molecule has 2 unspecified atom stereocenters. The van der Waals surface area contributed by atoms with Gasteiger partial charge in [0.25, 0.3) is 0 Å². The Morgan fingerprint density at radius 3 is 2.76 bits per heavy atom. The van der Waals surface area contributed by atoms with Crippen LogP contribution in [-0.4, -0.2) is 6.61 Å². The number of hydrogen-bond acceptors (Lipinski definition) is 1. The van der Waals surface area contributed by atoms with Crippen molar-refractivity contribution in [2.45, 2.75) is 44.9 Å². The SMILES string of the molecule is CCC(C)C(Cl)c1ccc2c(c1)C(C)(C)CO2. The van der Waals surface area contributed by atoms with Gasteiger partial charge >= 0.3 is 0 Å². The quantitative estimate of drug-likeness (QED) is 0.710. The van der Waals surface area contributed by atoms with Crippen LogP contribution in [0.25, 0.3) is 0 Å². The number of hydrogen-bond donors (Lipinski definition) is 0. The summed E-state index contributed by atoms with van der Waals surface area (Å²) in [6.45, 7) is 9.58. The van der Waals surface area contributed by atoms with Crippen molar-refractivity contribution < 1.29 is 4.74 Å². The molecule has 0 radical (unpaired) electrons. The van der Waals surface area contributed by atoms with Gasteiger partial charge in [0.1, 0.15) is 5.75 Å². The minimum Gasteiger partial charge on any atom is -0.492 e. The van der Waals surface area contributed by atoms with E-state index >= 15 is 0 Å². The topological polar surface area (TPSA) is 9.23 Å². The maximum Gasteiger partial charge on any atom is 0.123 e. The van der Waals surface area contributed by atoms with Gasteiger partial charge in [-0.15, -0.1) is 11.6 Å². The van der Waals surface area contributed by atoms with Gasteiger partial charge in [-0.25, -0.2) is 0 Å². The Morgan fingerprint density at radius 2 is 2.12 bits per heavy atom. The average Bonchev–Trinajstić information content (AvgIpc) is 2.63. The van der Waals surface area contributed by atoms with Crippen molar-refractivity contribution in [3.05, 3.63) is 29.3 Å². The van der Waals surface area contributed by atoms with Gasteiger partial charge in [-0.1, -0.05) is 40.2 Å². The Labute approximate surface area is 109 Å². The molecule has 1 aromatic carbocycles. The van der Waals surface area contributed by atoms with Crippen molar-refractivity contribution >= 4 is 11.6 Å². The van der Waals surface area contributed by atoms with E-state index in [2.05, 4.69) is 45.9 Å². The summed E-state index contributed by atoms with van der Waals surface area (Å²) in [5.41, 5.74) is 2.62. The Morgan fingerprint density at radius 1 is 1.41 bits per heavy atom. The molecule has 1 aromatic rings. The summed E-state index contributed by atoms with van der Waals surface area (Å²) < 4.78 is 5.69. The van der Waals surface area contributed by atoms with E-state index in [1.54, 1.807) is 0 Å². The summed E-state index contributed by atoms with van der Waals surface area (Å²) in [5, 5.41) is 0.0988. The van der Waals surface area contributed by atoms with Crippen molar-refractivity contribution in [1.29, 1.82) is 0 Å². The van der Waals surface area contributed by atoms with Crippen molar-refractivity contribution in [2.24, 2.45) is 5.92 Å². The zero-order valence-corrected chi connectivity index (χ0v) is 11.8. The highest BCUT2D eigenvalue weighted by molar-refractivity contribution is 6.21. The van der Waals surface area contributed by atoms with Gasteiger partial charge in [0, 0.05) is 11.0 Å². The summed E-state index contributed by atoms with van der Waals surface area (Å²) in [4.78, 5) is 0. The highest BCUT2D eigenvalue weighted by Gasteiger charge is 2.32. The van der Waals surface area contributed by atoms with E-state index < -0.39 is 0 Å². The Kier molecular flexibility index (Phi) is 3.40. The van der Waals surface area contributed by atoms with E-state index in [1.165, 1.54) is 11.1 Å². The fourth-order valence-corrected chi connectivity index (χ4v) is 2.56. The number of halogens is 1. The molecular formula is C15H21ClO. The van der Waals surface area contributed by atoms with Gasteiger partial charge in [-0.05, 0) is 23.6 Å². The summed E-state index contributed by atoms with van der Waals surface area (Å²) in [6.07, 6.45) is 1.10. The van der Waals surface area contributed by atoms with Crippen LogP contribution < -0.4 is 4.74 Å². The van der Waals surface area contributed by atoms with E-state index in [4.69, 9.17) is 16.3 Å². The molecule has 0 aromatic heterocycles. The predicted octanol–water partition coefficient (Wildman–Crippen LogP) is 4.68. The van der Waals surface area contributed by atoms with Crippen LogP contribution in [-0.2, 0) is 5.41 Å². The van der Waals surface area contributed by atoms with Gasteiger partial charge < -0.3 is 4.74 Å². The van der Waals surface area contributed by atoms with Gasteiger partial charge in [-0.3, -0.25) is 0 Å². The summed E-state index contributed by atoms with van der Waals surface area (Å²) in [6, 6.07) is 6.40. The van der Waals surface area contributed by atoms with Crippen molar-refractivity contribution in [3.8, 4) is 5.75 Å². The fourth-order valence-electron chi connectivity index (χ4n) is 2.25. The molecule has 1 aliphatic heterocycles. The Bertz CT molecular complexity index is 411. The molecule has 0 fully saturated rings. The summed E-state index contributed by atoms with van der Waals surface area (Å²) >= 11 is 6.51. The van der Waals surface area contributed by atoms with Crippen molar-refractivity contribution in [3.63, 3.8) is 0 Å². The Balaban J connectivity index is 2.34. The first-order valence-electron chi connectivity index (χ1n) is 6.37. The molecule has 94 valence electrons. The lowest BCUT2D eigenvalue weighted by molar-refractivity contribution is 0.291. The second-order valence-corrected chi connectivity index (χ2v) is 6.19. The average molecular weight is 253 g/mol. The van der Waals surface area contributed by atoms with Crippen LogP contribution in [0.15, 0.2) is 18.2 Å². The maximum absolute atomic E-state index is 6.51. The smallest absolute Gasteiger partial charge is 0.123 e. The van der Waals surface area contributed by atoms with Crippen molar-refractivity contribution in [2.75, 3.05) is 6.61 Å². The number of ether oxygens (including phenoxy) is 1. The van der Waals surface area contributed by atoms with Crippen LogP contribution in [0.3, 0.4) is 0 Å². The Hall–Kier alpha value is -0.690. The van der Waals surface area contributed by atoms with Gasteiger partial charge in [0.15, 0.2) is 0 Å². The van der Waals surface area contributed by atoms with Crippen LogP contribution in [0.1, 0.15) is 50.6 Å². The molecule has 0 bridgehead atoms.